The summed E-state index contributed by atoms with van der Waals surface area (Å²) in [5, 5.41) is 6.77. The van der Waals surface area contributed by atoms with Crippen LogP contribution < -0.4 is 10.6 Å². The maximum absolute atomic E-state index is 11.9. The molecule has 2 aliphatic rings. The van der Waals surface area contributed by atoms with Gasteiger partial charge in [-0.25, -0.2) is 4.79 Å². The van der Waals surface area contributed by atoms with Crippen LogP contribution in [0, 0.1) is 5.92 Å². The van der Waals surface area contributed by atoms with Crippen molar-refractivity contribution in [2.24, 2.45) is 5.92 Å². The predicted octanol–water partition coefficient (Wildman–Crippen LogP) is 3.23. The molecule has 0 spiro atoms. The normalized spacial score (nSPS) is 24.9. The summed E-state index contributed by atoms with van der Waals surface area (Å²) in [5.74, 6) is 0.661. The fourth-order valence-corrected chi connectivity index (χ4v) is 3.60. The van der Waals surface area contributed by atoms with E-state index >= 15 is 0 Å². The van der Waals surface area contributed by atoms with Crippen molar-refractivity contribution in [2.75, 3.05) is 19.8 Å². The topological polar surface area (TPSA) is 59.6 Å². The summed E-state index contributed by atoms with van der Waals surface area (Å²) < 4.78 is 10.9. The van der Waals surface area contributed by atoms with Gasteiger partial charge in [-0.1, -0.05) is 12.8 Å². The van der Waals surface area contributed by atoms with Gasteiger partial charge in [0.25, 0.3) is 0 Å². The molecule has 1 aliphatic heterocycles. The van der Waals surface area contributed by atoms with Crippen molar-refractivity contribution >= 4 is 6.09 Å². The molecule has 2 fully saturated rings. The Kier molecular flexibility index (Phi) is 7.15. The zero-order valence-corrected chi connectivity index (χ0v) is 15.0. The Balaban J connectivity index is 1.85. The van der Waals surface area contributed by atoms with Crippen molar-refractivity contribution < 1.29 is 14.3 Å². The minimum Gasteiger partial charge on any atom is -0.444 e. The molecule has 0 aromatic rings. The zero-order chi connectivity index (χ0) is 16.7. The van der Waals surface area contributed by atoms with Gasteiger partial charge in [0.15, 0.2) is 0 Å². The van der Waals surface area contributed by atoms with Gasteiger partial charge in [0.2, 0.25) is 0 Å². The molecular formula is C18H34N2O3. The fourth-order valence-electron chi connectivity index (χ4n) is 3.60. The van der Waals surface area contributed by atoms with Gasteiger partial charge >= 0.3 is 6.09 Å². The molecule has 1 amide bonds. The molecule has 1 aliphatic carbocycles. The summed E-state index contributed by atoms with van der Waals surface area (Å²) in [6.45, 7) is 8.05. The van der Waals surface area contributed by atoms with E-state index in [1.165, 1.54) is 25.7 Å². The summed E-state index contributed by atoms with van der Waals surface area (Å²) in [7, 11) is 0. The van der Waals surface area contributed by atoms with Crippen LogP contribution in [0.5, 0.6) is 0 Å². The van der Waals surface area contributed by atoms with Gasteiger partial charge < -0.3 is 20.1 Å². The molecule has 2 N–H and O–H groups in total. The van der Waals surface area contributed by atoms with Crippen LogP contribution in [0.25, 0.3) is 0 Å². The lowest BCUT2D eigenvalue weighted by molar-refractivity contribution is 0.0516. The Morgan fingerprint density at radius 3 is 2.57 bits per heavy atom. The Hall–Kier alpha value is -0.810. The van der Waals surface area contributed by atoms with E-state index in [0.717, 1.165) is 32.5 Å². The van der Waals surface area contributed by atoms with E-state index in [9.17, 15) is 4.79 Å². The number of ether oxygens (including phenoxy) is 2. The lowest BCUT2D eigenvalue weighted by Gasteiger charge is -2.30. The van der Waals surface area contributed by atoms with E-state index in [1.54, 1.807) is 0 Å². The lowest BCUT2D eigenvalue weighted by Crippen LogP contribution is -2.49. The van der Waals surface area contributed by atoms with Gasteiger partial charge in [-0.05, 0) is 58.8 Å². The minimum absolute atomic E-state index is 0.313. The third kappa shape index (κ3) is 7.08. The molecule has 0 aromatic heterocycles. The number of carbonyl (C=O) groups excluding carboxylic acids is 1. The second kappa shape index (κ2) is 8.88. The zero-order valence-electron chi connectivity index (χ0n) is 15.0. The number of alkyl carbamates (subject to hydrolysis) is 1. The standard InChI is InChI=1S/C18H34N2O3/c1-18(2,3)23-17(21)19-13-16(14-7-4-5-8-14)20-15-9-6-11-22-12-10-15/h14-16,20H,4-13H2,1-3H3,(H,19,21). The SMILES string of the molecule is CC(C)(C)OC(=O)NCC(NC1CCCOCC1)C1CCCC1. The smallest absolute Gasteiger partial charge is 0.407 e. The largest absolute Gasteiger partial charge is 0.444 e. The monoisotopic (exact) mass is 326 g/mol. The lowest BCUT2D eigenvalue weighted by atomic mass is 9.96. The van der Waals surface area contributed by atoms with Crippen LogP contribution in [0.3, 0.4) is 0 Å². The summed E-state index contributed by atoms with van der Waals surface area (Å²) in [5.41, 5.74) is -0.445. The molecule has 0 radical (unpaired) electrons. The van der Waals surface area contributed by atoms with Gasteiger partial charge in [0.05, 0.1) is 0 Å². The first-order chi connectivity index (χ1) is 10.9. The van der Waals surface area contributed by atoms with Crippen LogP contribution >= 0.6 is 0 Å². The van der Waals surface area contributed by atoms with Crippen LogP contribution in [0.1, 0.15) is 65.7 Å². The minimum atomic E-state index is -0.445. The third-order valence-corrected chi connectivity index (χ3v) is 4.74. The van der Waals surface area contributed by atoms with E-state index in [-0.39, 0.29) is 6.09 Å². The third-order valence-electron chi connectivity index (χ3n) is 4.74. The van der Waals surface area contributed by atoms with Crippen molar-refractivity contribution in [2.45, 2.75) is 83.4 Å². The Morgan fingerprint density at radius 2 is 1.87 bits per heavy atom. The molecule has 1 saturated carbocycles. The summed E-state index contributed by atoms with van der Waals surface area (Å²) in [6.07, 6.45) is 8.17. The van der Waals surface area contributed by atoms with E-state index in [0.29, 0.717) is 24.5 Å². The number of hydrogen-bond donors (Lipinski definition) is 2. The van der Waals surface area contributed by atoms with Crippen molar-refractivity contribution in [3.8, 4) is 0 Å². The first-order valence-electron chi connectivity index (χ1n) is 9.25. The summed E-state index contributed by atoms with van der Waals surface area (Å²) in [4.78, 5) is 11.9. The molecule has 5 nitrogen and oxygen atoms in total. The van der Waals surface area contributed by atoms with Gasteiger partial charge in [0.1, 0.15) is 5.60 Å². The number of carbonyl (C=O) groups is 1. The van der Waals surface area contributed by atoms with E-state index in [2.05, 4.69) is 10.6 Å². The highest BCUT2D eigenvalue weighted by Crippen LogP contribution is 2.28. The van der Waals surface area contributed by atoms with Crippen LogP contribution in [0.2, 0.25) is 0 Å². The highest BCUT2D eigenvalue weighted by Gasteiger charge is 2.28. The van der Waals surface area contributed by atoms with Crippen molar-refractivity contribution in [3.63, 3.8) is 0 Å². The maximum Gasteiger partial charge on any atom is 0.407 e. The molecule has 2 atom stereocenters. The highest BCUT2D eigenvalue weighted by atomic mass is 16.6. The van der Waals surface area contributed by atoms with Gasteiger partial charge in [-0.15, -0.1) is 0 Å². The van der Waals surface area contributed by atoms with E-state index < -0.39 is 5.60 Å². The molecule has 23 heavy (non-hydrogen) atoms. The number of rotatable bonds is 5. The molecule has 1 saturated heterocycles. The molecule has 134 valence electrons. The molecule has 2 unspecified atom stereocenters. The molecule has 0 aromatic carbocycles. The van der Waals surface area contributed by atoms with Gasteiger partial charge in [0, 0.05) is 31.8 Å². The van der Waals surface area contributed by atoms with E-state index in [4.69, 9.17) is 9.47 Å². The van der Waals surface area contributed by atoms with E-state index in [1.807, 2.05) is 20.8 Å². The predicted molar refractivity (Wildman–Crippen MR) is 91.6 cm³/mol. The summed E-state index contributed by atoms with van der Waals surface area (Å²) in [6, 6.07) is 0.844. The maximum atomic E-state index is 11.9. The van der Waals surface area contributed by atoms with Crippen molar-refractivity contribution in [3.05, 3.63) is 0 Å². The number of nitrogens with one attached hydrogen (secondary N) is 2. The molecule has 5 heteroatoms. The second-order valence-corrected chi connectivity index (χ2v) is 7.94. The molecule has 0 bridgehead atoms. The fraction of sp³-hybridized carbons (Fsp3) is 0.944. The van der Waals surface area contributed by atoms with Crippen LogP contribution in [0.15, 0.2) is 0 Å². The Bertz CT molecular complexity index is 354. The Labute approximate surface area is 140 Å². The first kappa shape index (κ1) is 18.5. The first-order valence-corrected chi connectivity index (χ1v) is 9.25. The molecular weight excluding hydrogens is 292 g/mol. The average molecular weight is 326 g/mol. The summed E-state index contributed by atoms with van der Waals surface area (Å²) >= 11 is 0. The highest BCUT2D eigenvalue weighted by molar-refractivity contribution is 5.67. The molecule has 2 rings (SSSR count). The number of amides is 1. The second-order valence-electron chi connectivity index (χ2n) is 7.94. The molecule has 1 heterocycles. The number of hydrogen-bond acceptors (Lipinski definition) is 4. The Morgan fingerprint density at radius 1 is 1.13 bits per heavy atom. The van der Waals surface area contributed by atoms with Crippen LogP contribution in [0.4, 0.5) is 4.79 Å². The quantitative estimate of drug-likeness (QED) is 0.814. The average Bonchev–Trinajstić information content (AvgIpc) is 2.86. The van der Waals surface area contributed by atoms with Crippen molar-refractivity contribution in [1.82, 2.24) is 10.6 Å². The van der Waals surface area contributed by atoms with Gasteiger partial charge in [-0.2, -0.15) is 0 Å². The van der Waals surface area contributed by atoms with Crippen LogP contribution in [-0.2, 0) is 9.47 Å². The van der Waals surface area contributed by atoms with Crippen molar-refractivity contribution in [1.29, 1.82) is 0 Å². The van der Waals surface area contributed by atoms with Crippen LogP contribution in [-0.4, -0.2) is 43.5 Å². The van der Waals surface area contributed by atoms with Gasteiger partial charge in [-0.3, -0.25) is 0 Å².